The fourth-order valence-corrected chi connectivity index (χ4v) is 8.59. The molecule has 0 unspecified atom stereocenters. The summed E-state index contributed by atoms with van der Waals surface area (Å²) in [5.74, 6) is -3.39. The maximum Gasteiger partial charge on any atom is 0.313 e. The summed E-state index contributed by atoms with van der Waals surface area (Å²) < 4.78 is 13.0. The van der Waals surface area contributed by atoms with Crippen molar-refractivity contribution in [3.63, 3.8) is 0 Å². The number of carbonyl (C=O) groups is 4. The van der Waals surface area contributed by atoms with Gasteiger partial charge in [0.05, 0.1) is 36.6 Å². The number of para-hydroxylation sites is 1. The summed E-state index contributed by atoms with van der Waals surface area (Å²) in [6, 6.07) is 12.7. The zero-order chi connectivity index (χ0) is 37.0. The van der Waals surface area contributed by atoms with Gasteiger partial charge < -0.3 is 29.7 Å². The number of allylic oxidation sites excluding steroid dienone is 1. The molecule has 1 spiro atoms. The number of nitrogens with one attached hydrogen (secondary N) is 1. The molecule has 0 aromatic heterocycles. The Morgan fingerprint density at radius 1 is 1.08 bits per heavy atom. The van der Waals surface area contributed by atoms with Crippen LogP contribution in [0.3, 0.4) is 0 Å². The molecule has 0 radical (unpaired) electrons. The first-order valence-corrected chi connectivity index (χ1v) is 18.1. The second-order valence-electron chi connectivity index (χ2n) is 14.7. The van der Waals surface area contributed by atoms with Gasteiger partial charge in [0.15, 0.2) is 0 Å². The van der Waals surface area contributed by atoms with Crippen LogP contribution in [-0.2, 0) is 28.7 Å². The molecule has 10 nitrogen and oxygen atoms in total. The highest BCUT2D eigenvalue weighted by molar-refractivity contribution is 6.05. The minimum atomic E-state index is -1.30. The highest BCUT2D eigenvalue weighted by atomic mass is 16.6. The topological polar surface area (TPSA) is 125 Å². The molecule has 3 saturated heterocycles. The van der Waals surface area contributed by atoms with Crippen molar-refractivity contribution in [2.24, 2.45) is 17.8 Å². The van der Waals surface area contributed by atoms with Gasteiger partial charge >= 0.3 is 5.97 Å². The van der Waals surface area contributed by atoms with Crippen molar-refractivity contribution < 1.29 is 33.8 Å². The molecule has 3 amide bonds. The van der Waals surface area contributed by atoms with Gasteiger partial charge in [0.25, 0.3) is 5.91 Å². The Morgan fingerprint density at radius 2 is 1.76 bits per heavy atom. The van der Waals surface area contributed by atoms with E-state index in [1.807, 2.05) is 76.2 Å². The van der Waals surface area contributed by atoms with Gasteiger partial charge in [-0.1, -0.05) is 74.5 Å². The van der Waals surface area contributed by atoms with Gasteiger partial charge in [-0.3, -0.25) is 19.2 Å². The summed E-state index contributed by atoms with van der Waals surface area (Å²) in [6.45, 7) is 17.1. The van der Waals surface area contributed by atoms with Gasteiger partial charge in [0.2, 0.25) is 11.8 Å². The highest BCUT2D eigenvalue weighted by Gasteiger charge is 2.76. The van der Waals surface area contributed by atoms with E-state index in [0.29, 0.717) is 31.2 Å². The van der Waals surface area contributed by atoms with E-state index in [2.05, 4.69) is 18.5 Å². The molecule has 5 rings (SSSR count). The van der Waals surface area contributed by atoms with E-state index in [1.54, 1.807) is 24.0 Å². The molecular formula is C41H53N3O7. The first-order valence-electron chi connectivity index (χ1n) is 18.1. The number of benzene rings is 2. The Hall–Kier alpha value is -4.28. The van der Waals surface area contributed by atoms with Crippen LogP contribution in [0.5, 0.6) is 0 Å². The van der Waals surface area contributed by atoms with E-state index in [1.165, 1.54) is 4.90 Å². The number of hydrogen-bond donors (Lipinski definition) is 2. The minimum Gasteiger partial charge on any atom is -0.455 e. The maximum absolute atomic E-state index is 15.1. The molecule has 51 heavy (non-hydrogen) atoms. The zero-order valence-corrected chi connectivity index (χ0v) is 30.5. The van der Waals surface area contributed by atoms with Crippen molar-refractivity contribution in [1.82, 2.24) is 10.2 Å². The number of fused-ring (bicyclic) bond motifs is 1. The molecule has 3 fully saturated rings. The van der Waals surface area contributed by atoms with Crippen LogP contribution in [0.1, 0.15) is 75.7 Å². The normalized spacial score (nSPS) is 25.2. The van der Waals surface area contributed by atoms with Gasteiger partial charge in [-0.2, -0.15) is 0 Å². The van der Waals surface area contributed by atoms with Crippen molar-refractivity contribution in [2.75, 3.05) is 18.1 Å². The Kier molecular flexibility index (Phi) is 11.9. The van der Waals surface area contributed by atoms with Crippen LogP contribution in [0.25, 0.3) is 0 Å². The largest absolute Gasteiger partial charge is 0.455 e. The molecule has 274 valence electrons. The van der Waals surface area contributed by atoms with Crippen molar-refractivity contribution in [3.8, 4) is 0 Å². The van der Waals surface area contributed by atoms with Gasteiger partial charge in [-0.15, -0.1) is 13.2 Å². The second kappa shape index (κ2) is 15.9. The van der Waals surface area contributed by atoms with Gasteiger partial charge in [-0.25, -0.2) is 0 Å². The van der Waals surface area contributed by atoms with E-state index in [-0.39, 0.29) is 43.2 Å². The number of aliphatic hydroxyl groups is 1. The summed E-state index contributed by atoms with van der Waals surface area (Å²) >= 11 is 0. The first kappa shape index (κ1) is 38.0. The Bertz CT molecular complexity index is 1610. The summed E-state index contributed by atoms with van der Waals surface area (Å²) in [7, 11) is 0. The van der Waals surface area contributed by atoms with E-state index < -0.39 is 53.7 Å². The lowest BCUT2D eigenvalue weighted by Crippen LogP contribution is -2.59. The van der Waals surface area contributed by atoms with Crippen molar-refractivity contribution in [1.29, 1.82) is 0 Å². The number of carbonyl (C=O) groups excluding carboxylic acids is 4. The number of likely N-dealkylation sites (tertiary alicyclic amines) is 1. The summed E-state index contributed by atoms with van der Waals surface area (Å²) in [5, 5.41) is 13.7. The number of nitrogens with zero attached hydrogens (tertiary/aromatic N) is 2. The Morgan fingerprint density at radius 3 is 2.37 bits per heavy atom. The molecule has 2 aromatic carbocycles. The quantitative estimate of drug-likeness (QED) is 0.179. The van der Waals surface area contributed by atoms with E-state index in [0.717, 1.165) is 16.8 Å². The molecule has 3 aliphatic heterocycles. The fraction of sp³-hybridized carbons (Fsp3) is 0.512. The van der Waals surface area contributed by atoms with Crippen LogP contribution in [0, 0.1) is 31.6 Å². The third kappa shape index (κ3) is 7.26. The third-order valence-electron chi connectivity index (χ3n) is 10.7. The average molecular weight is 700 g/mol. The molecule has 10 heteroatoms. The molecule has 3 heterocycles. The SMILES string of the molecule is C=CCCC(=O)N[C@H](C)[C@@H](OC(=O)[C@@H]1[C@H]2C(=O)N([C@@H](CO)CC(C)C)[C@H](C(=O)N(CC=C)c3c(C)cccc3C)[C@]23CC[C@H]1O3)c1ccccc1. The standard InChI is InChI=1S/C41H53N3O7/c1-8-10-19-32(46)42-28(7)36(29-17-12-11-13-18-29)50-40(49)33-31-20-21-41(51-31)34(33)38(47)44(30(24-45)23-25(3)4)37(41)39(48)43(22-9-2)35-26(5)15-14-16-27(35)6/h8-9,11-18,25,28,30-31,33-34,36-37,45H,1-2,10,19-24H2,3-7H3,(H,42,46)/t28-,30-,31-,33+,34+,36-,37-,41+/m1/s1. The summed E-state index contributed by atoms with van der Waals surface area (Å²) in [5.41, 5.74) is 1.92. The van der Waals surface area contributed by atoms with Crippen LogP contribution in [0.4, 0.5) is 5.69 Å². The van der Waals surface area contributed by atoms with Crippen molar-refractivity contribution in [3.05, 3.63) is 90.5 Å². The van der Waals surface area contributed by atoms with Crippen LogP contribution in [0.2, 0.25) is 0 Å². The number of aryl methyl sites for hydroxylation is 2. The lowest BCUT2D eigenvalue weighted by Gasteiger charge is -2.40. The van der Waals surface area contributed by atoms with Crippen molar-refractivity contribution >= 4 is 29.4 Å². The molecule has 0 saturated carbocycles. The predicted octanol–water partition coefficient (Wildman–Crippen LogP) is 5.36. The van der Waals surface area contributed by atoms with Crippen LogP contribution in [0.15, 0.2) is 73.8 Å². The number of hydrogen-bond acceptors (Lipinski definition) is 7. The van der Waals surface area contributed by atoms with Gasteiger partial charge in [0, 0.05) is 18.7 Å². The third-order valence-corrected chi connectivity index (χ3v) is 10.7. The van der Waals surface area contributed by atoms with Crippen LogP contribution < -0.4 is 10.2 Å². The smallest absolute Gasteiger partial charge is 0.313 e. The van der Waals surface area contributed by atoms with E-state index >= 15 is 4.79 Å². The monoisotopic (exact) mass is 699 g/mol. The first-order chi connectivity index (χ1) is 24.4. The maximum atomic E-state index is 15.1. The predicted molar refractivity (Wildman–Crippen MR) is 196 cm³/mol. The second-order valence-corrected chi connectivity index (χ2v) is 14.7. The molecule has 2 aromatic rings. The highest BCUT2D eigenvalue weighted by Crippen LogP contribution is 2.59. The summed E-state index contributed by atoms with van der Waals surface area (Å²) in [4.78, 5) is 60.3. The van der Waals surface area contributed by atoms with Gasteiger partial charge in [0.1, 0.15) is 17.7 Å². The summed E-state index contributed by atoms with van der Waals surface area (Å²) in [6.07, 6.45) is 3.93. The molecule has 3 aliphatic rings. The average Bonchev–Trinajstić information content (AvgIpc) is 3.75. The number of ether oxygens (including phenoxy) is 2. The van der Waals surface area contributed by atoms with Crippen LogP contribution in [-0.4, -0.2) is 76.7 Å². The number of rotatable bonds is 16. The molecular weight excluding hydrogens is 646 g/mol. The Labute approximate surface area is 301 Å². The fourth-order valence-electron chi connectivity index (χ4n) is 8.59. The number of amides is 3. The molecule has 2 N–H and O–H groups in total. The molecule has 0 aliphatic carbocycles. The van der Waals surface area contributed by atoms with Gasteiger partial charge in [-0.05, 0) is 69.1 Å². The zero-order valence-electron chi connectivity index (χ0n) is 30.5. The number of esters is 1. The Balaban J connectivity index is 1.54. The lowest BCUT2D eigenvalue weighted by molar-refractivity contribution is -0.162. The number of anilines is 1. The minimum absolute atomic E-state index is 0.111. The van der Waals surface area contributed by atoms with Crippen LogP contribution >= 0.6 is 0 Å². The molecule has 8 atom stereocenters. The lowest BCUT2D eigenvalue weighted by atomic mass is 9.70. The van der Waals surface area contributed by atoms with E-state index in [9.17, 15) is 19.5 Å². The van der Waals surface area contributed by atoms with Crippen molar-refractivity contribution in [2.45, 2.75) is 103 Å². The molecule has 2 bridgehead atoms. The van der Waals surface area contributed by atoms with E-state index in [4.69, 9.17) is 9.47 Å². The number of aliphatic hydroxyl groups excluding tert-OH is 1.